The number of imidazole rings is 1. The molecule has 0 fully saturated rings. The van der Waals surface area contributed by atoms with Crippen LogP contribution in [0.4, 0.5) is 8.78 Å². The molecule has 4 rings (SSSR count). The van der Waals surface area contributed by atoms with Crippen LogP contribution in [-0.2, 0) is 11.2 Å². The van der Waals surface area contributed by atoms with Crippen molar-refractivity contribution in [2.45, 2.75) is 32.7 Å². The van der Waals surface area contributed by atoms with Crippen LogP contribution in [-0.4, -0.2) is 27.0 Å². The van der Waals surface area contributed by atoms with Gasteiger partial charge in [-0.2, -0.15) is 8.78 Å². The highest BCUT2D eigenvalue weighted by atomic mass is 19.3. The van der Waals surface area contributed by atoms with Crippen LogP contribution in [0.3, 0.4) is 0 Å². The van der Waals surface area contributed by atoms with Crippen molar-refractivity contribution in [3.63, 3.8) is 0 Å². The molecule has 0 saturated carbocycles. The van der Waals surface area contributed by atoms with Gasteiger partial charge in [-0.3, -0.25) is 9.36 Å². The second-order valence-electron chi connectivity index (χ2n) is 7.38. The van der Waals surface area contributed by atoms with Gasteiger partial charge in [0.25, 0.3) is 0 Å². The van der Waals surface area contributed by atoms with Gasteiger partial charge in [-0.25, -0.2) is 9.97 Å². The summed E-state index contributed by atoms with van der Waals surface area (Å²) in [4.78, 5) is 21.2. The average molecular weight is 424 g/mol. The molecular formula is C23H22F2N4O2. The number of rotatable bonds is 7. The van der Waals surface area contributed by atoms with Gasteiger partial charge in [-0.1, -0.05) is 37.3 Å². The molecule has 1 atom stereocenters. The molecule has 31 heavy (non-hydrogen) atoms. The van der Waals surface area contributed by atoms with E-state index in [2.05, 4.69) is 15.3 Å². The van der Waals surface area contributed by atoms with E-state index in [1.807, 2.05) is 30.3 Å². The van der Waals surface area contributed by atoms with E-state index in [9.17, 15) is 13.6 Å². The smallest absolute Gasteiger partial charge is 0.320 e. The molecule has 0 bridgehead atoms. The number of para-hydroxylation sites is 2. The number of carbonyl (C=O) groups excluding carboxylic acids is 1. The van der Waals surface area contributed by atoms with E-state index >= 15 is 0 Å². The Morgan fingerprint density at radius 2 is 1.81 bits per heavy atom. The van der Waals surface area contributed by atoms with Crippen molar-refractivity contribution in [3.8, 4) is 11.5 Å². The molecule has 2 aromatic heterocycles. The maximum absolute atomic E-state index is 13.6. The average Bonchev–Trinajstić information content (AvgIpc) is 3.33. The first-order valence-electron chi connectivity index (χ1n) is 9.97. The van der Waals surface area contributed by atoms with E-state index in [4.69, 9.17) is 4.42 Å². The summed E-state index contributed by atoms with van der Waals surface area (Å²) in [6.45, 7) is 0.983. The lowest BCUT2D eigenvalue weighted by Crippen LogP contribution is -2.30. The van der Waals surface area contributed by atoms with Crippen LogP contribution >= 0.6 is 0 Å². The molecule has 1 unspecified atom stereocenters. The van der Waals surface area contributed by atoms with Crippen molar-refractivity contribution in [1.29, 1.82) is 0 Å². The van der Waals surface area contributed by atoms with E-state index in [0.717, 1.165) is 10.1 Å². The van der Waals surface area contributed by atoms with Crippen LogP contribution in [0.5, 0.6) is 0 Å². The first-order chi connectivity index (χ1) is 14.9. The SMILES string of the molecule is Cc1oc(-c2ccccc2)nc1CC(=O)NCC(C)c1nc2ccccc2n1C(F)F. The van der Waals surface area contributed by atoms with Crippen molar-refractivity contribution in [2.24, 2.45) is 0 Å². The molecule has 0 aliphatic rings. The Bertz CT molecular complexity index is 1200. The largest absolute Gasteiger partial charge is 0.441 e. The number of hydrogen-bond acceptors (Lipinski definition) is 4. The predicted molar refractivity (Wildman–Crippen MR) is 113 cm³/mol. The molecule has 2 heterocycles. The predicted octanol–water partition coefficient (Wildman–Crippen LogP) is 4.86. The molecule has 0 saturated heterocycles. The lowest BCUT2D eigenvalue weighted by Gasteiger charge is -2.14. The van der Waals surface area contributed by atoms with Crippen molar-refractivity contribution in [3.05, 3.63) is 71.9 Å². The molecule has 160 valence electrons. The van der Waals surface area contributed by atoms with E-state index in [0.29, 0.717) is 28.4 Å². The fraction of sp³-hybridized carbons (Fsp3) is 0.261. The summed E-state index contributed by atoms with van der Waals surface area (Å²) in [5, 5.41) is 2.80. The molecule has 4 aromatic rings. The zero-order valence-corrected chi connectivity index (χ0v) is 17.2. The summed E-state index contributed by atoms with van der Waals surface area (Å²) < 4.78 is 33.9. The molecule has 0 aliphatic heterocycles. The number of hydrogen-bond donors (Lipinski definition) is 1. The van der Waals surface area contributed by atoms with Gasteiger partial charge < -0.3 is 9.73 Å². The molecule has 6 nitrogen and oxygen atoms in total. The number of alkyl halides is 2. The van der Waals surface area contributed by atoms with Gasteiger partial charge in [0.2, 0.25) is 11.8 Å². The summed E-state index contributed by atoms with van der Waals surface area (Å²) in [6.07, 6.45) is 0.0418. The third-order valence-electron chi connectivity index (χ3n) is 5.11. The van der Waals surface area contributed by atoms with Crippen LogP contribution in [0, 0.1) is 6.92 Å². The third kappa shape index (κ3) is 4.33. The minimum atomic E-state index is -2.71. The van der Waals surface area contributed by atoms with Gasteiger partial charge in [0.05, 0.1) is 23.1 Å². The summed E-state index contributed by atoms with van der Waals surface area (Å²) in [7, 11) is 0. The zero-order valence-electron chi connectivity index (χ0n) is 17.2. The van der Waals surface area contributed by atoms with Crippen LogP contribution in [0.15, 0.2) is 59.0 Å². The molecule has 0 spiro atoms. The van der Waals surface area contributed by atoms with E-state index in [1.54, 1.807) is 38.1 Å². The number of nitrogens with zero attached hydrogens (tertiary/aromatic N) is 3. The van der Waals surface area contributed by atoms with Crippen LogP contribution in [0.25, 0.3) is 22.5 Å². The summed E-state index contributed by atoms with van der Waals surface area (Å²) >= 11 is 0. The Labute approximate surface area is 177 Å². The number of amides is 1. The third-order valence-corrected chi connectivity index (χ3v) is 5.11. The maximum atomic E-state index is 13.6. The van der Waals surface area contributed by atoms with E-state index in [-0.39, 0.29) is 24.7 Å². The van der Waals surface area contributed by atoms with Crippen molar-refractivity contribution < 1.29 is 18.0 Å². The Balaban J connectivity index is 1.43. The number of aryl methyl sites for hydroxylation is 1. The number of benzene rings is 2. The molecule has 0 aliphatic carbocycles. The minimum Gasteiger partial charge on any atom is -0.441 e. The molecule has 1 amide bonds. The zero-order chi connectivity index (χ0) is 22.0. The van der Waals surface area contributed by atoms with Gasteiger partial charge in [0.15, 0.2) is 0 Å². The van der Waals surface area contributed by atoms with Crippen molar-refractivity contribution in [1.82, 2.24) is 19.9 Å². The van der Waals surface area contributed by atoms with Gasteiger partial charge in [0.1, 0.15) is 11.6 Å². The molecule has 8 heteroatoms. The first-order valence-corrected chi connectivity index (χ1v) is 9.97. The van der Waals surface area contributed by atoms with Crippen molar-refractivity contribution in [2.75, 3.05) is 6.54 Å². The van der Waals surface area contributed by atoms with Gasteiger partial charge in [0, 0.05) is 18.0 Å². The quantitative estimate of drug-likeness (QED) is 0.460. The van der Waals surface area contributed by atoms with Gasteiger partial charge in [-0.15, -0.1) is 0 Å². The number of halogens is 2. The highest BCUT2D eigenvalue weighted by Gasteiger charge is 2.22. The lowest BCUT2D eigenvalue weighted by molar-refractivity contribution is -0.120. The van der Waals surface area contributed by atoms with E-state index in [1.165, 1.54) is 0 Å². The summed E-state index contributed by atoms with van der Waals surface area (Å²) in [6, 6.07) is 16.2. The summed E-state index contributed by atoms with van der Waals surface area (Å²) in [5.74, 6) is 0.605. The molecule has 2 aromatic carbocycles. The number of carbonyl (C=O) groups is 1. The summed E-state index contributed by atoms with van der Waals surface area (Å²) in [5.41, 5.74) is 2.25. The molecular weight excluding hydrogens is 402 g/mol. The fourth-order valence-electron chi connectivity index (χ4n) is 3.48. The van der Waals surface area contributed by atoms with Crippen LogP contribution < -0.4 is 5.32 Å². The number of aromatic nitrogens is 3. The van der Waals surface area contributed by atoms with Gasteiger partial charge >= 0.3 is 6.55 Å². The second kappa shape index (κ2) is 8.67. The lowest BCUT2D eigenvalue weighted by atomic mass is 10.1. The molecule has 1 N–H and O–H groups in total. The number of oxazole rings is 1. The maximum Gasteiger partial charge on any atom is 0.320 e. The van der Waals surface area contributed by atoms with Gasteiger partial charge in [-0.05, 0) is 31.2 Å². The Morgan fingerprint density at radius 3 is 2.55 bits per heavy atom. The Hall–Kier alpha value is -3.55. The fourth-order valence-corrected chi connectivity index (χ4v) is 3.48. The van der Waals surface area contributed by atoms with Crippen LogP contribution in [0.2, 0.25) is 0 Å². The minimum absolute atomic E-state index is 0.0418. The first kappa shape index (κ1) is 20.7. The standard InChI is InChI=1S/C23H22F2N4O2/c1-14(21-27-17-10-6-7-11-19(17)29(21)23(24)25)13-26-20(30)12-18-15(2)31-22(28-18)16-8-4-3-5-9-16/h3-11,14,23H,12-13H2,1-2H3,(H,26,30). The molecule has 0 radical (unpaired) electrons. The number of fused-ring (bicyclic) bond motifs is 1. The van der Waals surface area contributed by atoms with Crippen molar-refractivity contribution >= 4 is 16.9 Å². The highest BCUT2D eigenvalue weighted by Crippen LogP contribution is 2.27. The second-order valence-corrected chi connectivity index (χ2v) is 7.38. The topological polar surface area (TPSA) is 73.0 Å². The normalized spacial score (nSPS) is 12.4. The Morgan fingerprint density at radius 1 is 1.10 bits per heavy atom. The highest BCUT2D eigenvalue weighted by molar-refractivity contribution is 5.79. The Kier molecular flexibility index (Phi) is 5.79. The van der Waals surface area contributed by atoms with E-state index < -0.39 is 12.5 Å². The number of nitrogens with one attached hydrogen (secondary N) is 1. The van der Waals surface area contributed by atoms with Crippen LogP contribution in [0.1, 0.15) is 36.7 Å². The monoisotopic (exact) mass is 424 g/mol.